The minimum absolute atomic E-state index is 0.0880. The van der Waals surface area contributed by atoms with Gasteiger partial charge in [0.1, 0.15) is 0 Å². The van der Waals surface area contributed by atoms with E-state index in [2.05, 4.69) is 10.6 Å². The summed E-state index contributed by atoms with van der Waals surface area (Å²) < 4.78 is 0. The van der Waals surface area contributed by atoms with Crippen molar-refractivity contribution >= 4 is 6.03 Å². The lowest BCUT2D eigenvalue weighted by Gasteiger charge is -1.96. The van der Waals surface area contributed by atoms with Crippen LogP contribution in [0.15, 0.2) is 12.2 Å². The fraction of sp³-hybridized carbons (Fsp3) is 0.400. The van der Waals surface area contributed by atoms with Crippen LogP contribution >= 0.6 is 0 Å². The second-order valence-corrected chi connectivity index (χ2v) is 1.56. The molecule has 3 heteroatoms. The van der Waals surface area contributed by atoms with Gasteiger partial charge >= 0.3 is 6.03 Å². The number of hydrogen-bond donors (Lipinski definition) is 2. The van der Waals surface area contributed by atoms with Crippen LogP contribution in [-0.4, -0.2) is 19.1 Å². The largest absolute Gasteiger partial charge is 0.335 e. The second kappa shape index (κ2) is 2.35. The number of carbonyl (C=O) groups is 1. The SMILES string of the molecule is O=C1NCC=CCN1. The van der Waals surface area contributed by atoms with Crippen LogP contribution in [0.2, 0.25) is 0 Å². The fourth-order valence-electron chi connectivity index (χ4n) is 0.532. The van der Waals surface area contributed by atoms with Gasteiger partial charge in [0.25, 0.3) is 0 Å². The van der Waals surface area contributed by atoms with E-state index >= 15 is 0 Å². The molecular formula is C5H8N2O. The molecule has 1 rings (SSSR count). The molecule has 0 unspecified atom stereocenters. The van der Waals surface area contributed by atoms with E-state index < -0.39 is 0 Å². The maximum absolute atomic E-state index is 10.4. The molecule has 3 nitrogen and oxygen atoms in total. The van der Waals surface area contributed by atoms with Crippen LogP contribution in [0.4, 0.5) is 4.79 Å². The molecule has 2 N–H and O–H groups in total. The quantitative estimate of drug-likeness (QED) is 0.420. The molecule has 0 saturated heterocycles. The van der Waals surface area contributed by atoms with E-state index in [1.165, 1.54) is 0 Å². The van der Waals surface area contributed by atoms with E-state index in [-0.39, 0.29) is 6.03 Å². The highest BCUT2D eigenvalue weighted by Gasteiger charge is 1.96. The number of hydrogen-bond acceptors (Lipinski definition) is 1. The smallest absolute Gasteiger partial charge is 0.315 e. The Labute approximate surface area is 47.8 Å². The zero-order valence-electron chi connectivity index (χ0n) is 4.48. The number of rotatable bonds is 0. The fourth-order valence-corrected chi connectivity index (χ4v) is 0.532. The molecule has 44 valence electrons. The van der Waals surface area contributed by atoms with Gasteiger partial charge in [0.15, 0.2) is 0 Å². The van der Waals surface area contributed by atoms with Gasteiger partial charge in [0.2, 0.25) is 0 Å². The molecule has 0 atom stereocenters. The molecule has 0 fully saturated rings. The predicted molar refractivity (Wildman–Crippen MR) is 30.5 cm³/mol. The first-order chi connectivity index (χ1) is 3.89. The summed E-state index contributed by atoms with van der Waals surface area (Å²) in [4.78, 5) is 10.4. The monoisotopic (exact) mass is 112 g/mol. The highest BCUT2D eigenvalue weighted by Crippen LogP contribution is 1.75. The molecule has 1 aliphatic rings. The summed E-state index contributed by atoms with van der Waals surface area (Å²) in [5.41, 5.74) is 0. The van der Waals surface area contributed by atoms with Crippen LogP contribution in [0.25, 0.3) is 0 Å². The maximum Gasteiger partial charge on any atom is 0.315 e. The van der Waals surface area contributed by atoms with Crippen LogP contribution in [0.1, 0.15) is 0 Å². The Morgan fingerprint density at radius 2 is 1.75 bits per heavy atom. The maximum atomic E-state index is 10.4. The summed E-state index contributed by atoms with van der Waals surface area (Å²) >= 11 is 0. The Morgan fingerprint density at radius 3 is 2.25 bits per heavy atom. The molecule has 8 heavy (non-hydrogen) atoms. The molecule has 1 heterocycles. The van der Waals surface area contributed by atoms with Crippen molar-refractivity contribution in [2.45, 2.75) is 0 Å². The number of carbonyl (C=O) groups excluding carboxylic acids is 1. The Bertz CT molecular complexity index is 108. The summed E-state index contributed by atoms with van der Waals surface area (Å²) in [6.45, 7) is 1.29. The van der Waals surface area contributed by atoms with E-state index in [9.17, 15) is 4.79 Å². The van der Waals surface area contributed by atoms with E-state index in [0.717, 1.165) is 0 Å². The van der Waals surface area contributed by atoms with Crippen molar-refractivity contribution in [2.24, 2.45) is 0 Å². The summed E-state index contributed by atoms with van der Waals surface area (Å²) in [5.74, 6) is 0. The van der Waals surface area contributed by atoms with E-state index in [1.54, 1.807) is 0 Å². The summed E-state index contributed by atoms with van der Waals surface area (Å²) in [5, 5.41) is 5.22. The molecule has 0 bridgehead atoms. The van der Waals surface area contributed by atoms with Crippen molar-refractivity contribution < 1.29 is 4.79 Å². The van der Waals surface area contributed by atoms with Crippen molar-refractivity contribution in [2.75, 3.05) is 13.1 Å². The highest BCUT2D eigenvalue weighted by atomic mass is 16.2. The van der Waals surface area contributed by atoms with Crippen molar-refractivity contribution in [3.05, 3.63) is 12.2 Å². The van der Waals surface area contributed by atoms with Gasteiger partial charge in [-0.05, 0) is 0 Å². The number of urea groups is 1. The van der Waals surface area contributed by atoms with Gasteiger partial charge in [-0.2, -0.15) is 0 Å². The van der Waals surface area contributed by atoms with Gasteiger partial charge in [0.05, 0.1) is 0 Å². The average molecular weight is 112 g/mol. The Hall–Kier alpha value is -0.990. The Morgan fingerprint density at radius 1 is 1.25 bits per heavy atom. The van der Waals surface area contributed by atoms with Crippen LogP contribution in [0, 0.1) is 0 Å². The van der Waals surface area contributed by atoms with Crippen LogP contribution in [-0.2, 0) is 0 Å². The third-order valence-electron chi connectivity index (χ3n) is 0.928. The van der Waals surface area contributed by atoms with Crippen LogP contribution in [0.5, 0.6) is 0 Å². The zero-order chi connectivity index (χ0) is 5.82. The van der Waals surface area contributed by atoms with E-state index in [1.807, 2.05) is 12.2 Å². The first kappa shape index (κ1) is 5.15. The third-order valence-corrected chi connectivity index (χ3v) is 0.928. The topological polar surface area (TPSA) is 41.1 Å². The first-order valence-electron chi connectivity index (χ1n) is 2.56. The summed E-state index contributed by atoms with van der Waals surface area (Å²) in [7, 11) is 0. The molecular weight excluding hydrogens is 104 g/mol. The van der Waals surface area contributed by atoms with Gasteiger partial charge in [0, 0.05) is 13.1 Å². The Balaban J connectivity index is 2.39. The molecule has 0 aromatic carbocycles. The zero-order valence-corrected chi connectivity index (χ0v) is 4.48. The lowest BCUT2D eigenvalue weighted by atomic mass is 10.5. The third kappa shape index (κ3) is 1.26. The highest BCUT2D eigenvalue weighted by molar-refractivity contribution is 5.74. The normalized spacial score (nSPS) is 18.8. The van der Waals surface area contributed by atoms with Gasteiger partial charge in [-0.1, -0.05) is 12.2 Å². The molecule has 0 aliphatic carbocycles. The van der Waals surface area contributed by atoms with Gasteiger partial charge in [-0.15, -0.1) is 0 Å². The average Bonchev–Trinajstić information content (AvgIpc) is 1.94. The second-order valence-electron chi connectivity index (χ2n) is 1.56. The van der Waals surface area contributed by atoms with Crippen LogP contribution in [0.3, 0.4) is 0 Å². The lowest BCUT2D eigenvalue weighted by Crippen LogP contribution is -2.33. The van der Waals surface area contributed by atoms with Gasteiger partial charge < -0.3 is 10.6 Å². The molecule has 0 saturated carbocycles. The molecule has 0 spiro atoms. The predicted octanol–water partition coefficient (Wildman–Crippen LogP) is -0.145. The van der Waals surface area contributed by atoms with Crippen molar-refractivity contribution in [1.29, 1.82) is 0 Å². The first-order valence-corrected chi connectivity index (χ1v) is 2.56. The van der Waals surface area contributed by atoms with E-state index in [0.29, 0.717) is 13.1 Å². The molecule has 0 radical (unpaired) electrons. The standard InChI is InChI=1S/C5H8N2O/c8-5-6-3-1-2-4-7-5/h1-2H,3-4H2,(H2,6,7,8). The van der Waals surface area contributed by atoms with Gasteiger partial charge in [-0.25, -0.2) is 4.79 Å². The number of amides is 2. The van der Waals surface area contributed by atoms with Crippen molar-refractivity contribution in [1.82, 2.24) is 10.6 Å². The minimum Gasteiger partial charge on any atom is -0.335 e. The van der Waals surface area contributed by atoms with E-state index in [4.69, 9.17) is 0 Å². The lowest BCUT2D eigenvalue weighted by molar-refractivity contribution is 0.243. The number of nitrogens with one attached hydrogen (secondary N) is 2. The van der Waals surface area contributed by atoms with Gasteiger partial charge in [-0.3, -0.25) is 0 Å². The summed E-state index contributed by atoms with van der Waals surface area (Å²) in [6.07, 6.45) is 3.83. The molecule has 1 aliphatic heterocycles. The Kier molecular flexibility index (Phi) is 1.51. The minimum atomic E-state index is -0.0880. The molecule has 2 amide bonds. The molecule has 0 aromatic rings. The van der Waals surface area contributed by atoms with Crippen LogP contribution < -0.4 is 10.6 Å². The van der Waals surface area contributed by atoms with Crippen molar-refractivity contribution in [3.63, 3.8) is 0 Å². The summed E-state index contributed by atoms with van der Waals surface area (Å²) in [6, 6.07) is -0.0880. The molecule has 0 aromatic heterocycles. The van der Waals surface area contributed by atoms with Crippen molar-refractivity contribution in [3.8, 4) is 0 Å².